The zero-order chi connectivity index (χ0) is 17.5. The summed E-state index contributed by atoms with van der Waals surface area (Å²) in [5.41, 5.74) is 1.97. The van der Waals surface area contributed by atoms with Gasteiger partial charge in [0.15, 0.2) is 5.65 Å². The van der Waals surface area contributed by atoms with E-state index in [2.05, 4.69) is 25.3 Å². The molecule has 0 aliphatic carbocycles. The van der Waals surface area contributed by atoms with Crippen LogP contribution in [0.5, 0.6) is 0 Å². The number of amides is 1. The van der Waals surface area contributed by atoms with E-state index in [0.717, 1.165) is 28.7 Å². The van der Waals surface area contributed by atoms with Crippen LogP contribution in [0.3, 0.4) is 0 Å². The normalized spacial score (nSPS) is 13.8. The Morgan fingerprint density at radius 1 is 1.08 bits per heavy atom. The monoisotopic (exact) mass is 342 g/mol. The molecule has 1 amide bonds. The quantitative estimate of drug-likeness (QED) is 0.573. The number of nitrogens with zero attached hydrogens (tertiary/aromatic N) is 5. The lowest BCUT2D eigenvalue weighted by molar-refractivity contribution is 0.0992. The fourth-order valence-electron chi connectivity index (χ4n) is 3.18. The fourth-order valence-corrected chi connectivity index (χ4v) is 3.18. The highest BCUT2D eigenvalue weighted by molar-refractivity contribution is 5.95. The Labute approximate surface area is 148 Å². The number of rotatable bonds is 1. The number of pyridine rings is 2. The summed E-state index contributed by atoms with van der Waals surface area (Å²) < 4.78 is 1.93. The van der Waals surface area contributed by atoms with E-state index >= 15 is 0 Å². The first-order valence-corrected chi connectivity index (χ1v) is 8.34. The first kappa shape index (κ1) is 14.7. The van der Waals surface area contributed by atoms with Crippen LogP contribution in [0.25, 0.3) is 21.9 Å². The second kappa shape index (κ2) is 5.73. The van der Waals surface area contributed by atoms with E-state index in [0.29, 0.717) is 17.8 Å². The van der Waals surface area contributed by atoms with Gasteiger partial charge < -0.3 is 5.32 Å². The van der Waals surface area contributed by atoms with Crippen LogP contribution < -0.4 is 10.9 Å². The summed E-state index contributed by atoms with van der Waals surface area (Å²) in [4.78, 5) is 30.0. The van der Waals surface area contributed by atoms with Gasteiger partial charge in [-0.1, -0.05) is 12.1 Å². The van der Waals surface area contributed by atoms with E-state index in [9.17, 15) is 4.79 Å². The number of benzene rings is 1. The van der Waals surface area contributed by atoms with Crippen LogP contribution in [0.15, 0.2) is 59.7 Å². The average molecular weight is 342 g/mol. The van der Waals surface area contributed by atoms with E-state index in [-0.39, 0.29) is 5.69 Å². The van der Waals surface area contributed by atoms with Crippen molar-refractivity contribution >= 4 is 33.7 Å². The number of carbonyl (C=O) groups excluding carboxylic acids is 1. The predicted octanol–water partition coefficient (Wildman–Crippen LogP) is 2.15. The third kappa shape index (κ3) is 2.33. The van der Waals surface area contributed by atoms with Gasteiger partial charge in [-0.3, -0.25) is 9.36 Å². The van der Waals surface area contributed by atoms with Crippen LogP contribution in [0.1, 0.15) is 10.5 Å². The van der Waals surface area contributed by atoms with Gasteiger partial charge in [0.1, 0.15) is 11.5 Å². The van der Waals surface area contributed by atoms with Crippen molar-refractivity contribution in [1.29, 1.82) is 0 Å². The summed E-state index contributed by atoms with van der Waals surface area (Å²) in [6.07, 6.45) is 1.65. The summed E-state index contributed by atoms with van der Waals surface area (Å²) in [5, 5.41) is 5.25. The highest BCUT2D eigenvalue weighted by Gasteiger charge is 2.16. The number of para-hydroxylation sites is 1. The summed E-state index contributed by atoms with van der Waals surface area (Å²) in [5.74, 6) is 0.511. The lowest BCUT2D eigenvalue weighted by Gasteiger charge is -2.07. The smallest absolute Gasteiger partial charge is 0.298 e. The van der Waals surface area contributed by atoms with Crippen LogP contribution in [0.4, 0.5) is 5.82 Å². The van der Waals surface area contributed by atoms with Gasteiger partial charge in [0.05, 0.1) is 5.52 Å². The minimum Gasteiger partial charge on any atom is -0.369 e. The molecule has 126 valence electrons. The Morgan fingerprint density at radius 3 is 2.96 bits per heavy atom. The summed E-state index contributed by atoms with van der Waals surface area (Å²) in [6, 6.07) is 15.0. The Balaban J connectivity index is 1.67. The Morgan fingerprint density at radius 2 is 2.00 bits per heavy atom. The Kier molecular flexibility index (Phi) is 3.24. The zero-order valence-electron chi connectivity index (χ0n) is 13.8. The van der Waals surface area contributed by atoms with Crippen LogP contribution in [-0.2, 0) is 6.54 Å². The highest BCUT2D eigenvalue weighted by atomic mass is 16.1. The van der Waals surface area contributed by atoms with Crippen LogP contribution in [-0.4, -0.2) is 32.0 Å². The summed E-state index contributed by atoms with van der Waals surface area (Å²) >= 11 is 0. The van der Waals surface area contributed by atoms with E-state index in [4.69, 9.17) is 0 Å². The second-order valence-electron chi connectivity index (χ2n) is 6.02. The van der Waals surface area contributed by atoms with Gasteiger partial charge in [-0.05, 0) is 36.4 Å². The number of fused-ring (bicyclic) bond motifs is 4. The third-order valence-electron chi connectivity index (χ3n) is 4.40. The van der Waals surface area contributed by atoms with Crippen LogP contribution in [0.2, 0.25) is 0 Å². The predicted molar refractivity (Wildman–Crippen MR) is 97.7 cm³/mol. The molecule has 1 aliphatic rings. The van der Waals surface area contributed by atoms with Gasteiger partial charge in [0, 0.05) is 30.1 Å². The molecule has 4 aromatic rings. The van der Waals surface area contributed by atoms with Crippen molar-refractivity contribution in [3.05, 3.63) is 66.0 Å². The number of hydrogen-bond acceptors (Lipinski definition) is 5. The molecule has 4 heterocycles. The Hall–Kier alpha value is -3.61. The highest BCUT2D eigenvalue weighted by Crippen LogP contribution is 2.22. The number of hydrogen-bond donors (Lipinski definition) is 1. The molecule has 0 fully saturated rings. The molecule has 0 unspecified atom stereocenters. The van der Waals surface area contributed by atoms with Gasteiger partial charge >= 0.3 is 0 Å². The van der Waals surface area contributed by atoms with Crippen LogP contribution in [0, 0.1) is 0 Å². The van der Waals surface area contributed by atoms with Gasteiger partial charge in [-0.2, -0.15) is 4.99 Å². The number of aromatic nitrogens is 4. The molecule has 0 spiro atoms. The van der Waals surface area contributed by atoms with E-state index in [1.807, 2.05) is 47.0 Å². The molecule has 3 aromatic heterocycles. The molecular formula is C19H14N6O. The molecule has 0 bridgehead atoms. The van der Waals surface area contributed by atoms with Gasteiger partial charge in [-0.25, -0.2) is 15.0 Å². The lowest BCUT2D eigenvalue weighted by atomic mass is 10.2. The number of anilines is 1. The van der Waals surface area contributed by atoms with Gasteiger partial charge in [-0.15, -0.1) is 0 Å². The third-order valence-corrected chi connectivity index (χ3v) is 4.40. The fraction of sp³-hybridized carbons (Fsp3) is 0.105. The second-order valence-corrected chi connectivity index (χ2v) is 6.02. The standard InChI is InChI=1S/C19H14N6O/c26-18(15-8-7-12-4-3-9-20-16(12)22-15)24-19-23-14-6-2-1-5-13(14)17-21-10-11-25(17)19/h1-9,21H,10-11H2. The molecule has 1 aromatic carbocycles. The zero-order valence-corrected chi connectivity index (χ0v) is 13.8. The lowest BCUT2D eigenvalue weighted by Crippen LogP contribution is -2.25. The first-order chi connectivity index (χ1) is 12.8. The molecule has 1 aliphatic heterocycles. The maximum Gasteiger partial charge on any atom is 0.298 e. The van der Waals surface area contributed by atoms with Gasteiger partial charge in [0.25, 0.3) is 5.91 Å². The number of carbonyl (C=O) groups is 1. The topological polar surface area (TPSA) is 85.1 Å². The molecule has 0 radical (unpaired) electrons. The first-order valence-electron chi connectivity index (χ1n) is 8.34. The minimum absolute atomic E-state index is 0.256. The molecule has 7 heteroatoms. The SMILES string of the molecule is O=C(N=c1nc2ccccc2c2n1CCN2)c1ccc2cccnc2n1. The molecule has 0 saturated heterocycles. The molecule has 1 N–H and O–H groups in total. The molecular weight excluding hydrogens is 328 g/mol. The van der Waals surface area contributed by atoms with Crippen molar-refractivity contribution in [3.8, 4) is 0 Å². The minimum atomic E-state index is -0.429. The molecule has 5 rings (SSSR count). The van der Waals surface area contributed by atoms with E-state index in [1.54, 1.807) is 12.3 Å². The van der Waals surface area contributed by atoms with Crippen molar-refractivity contribution in [1.82, 2.24) is 19.5 Å². The van der Waals surface area contributed by atoms with Crippen molar-refractivity contribution in [2.24, 2.45) is 4.99 Å². The molecule has 0 saturated carbocycles. The van der Waals surface area contributed by atoms with Crippen molar-refractivity contribution in [2.45, 2.75) is 6.54 Å². The van der Waals surface area contributed by atoms with E-state index < -0.39 is 5.91 Å². The average Bonchev–Trinajstić information content (AvgIpc) is 3.18. The molecule has 26 heavy (non-hydrogen) atoms. The Bertz CT molecular complexity index is 1240. The summed E-state index contributed by atoms with van der Waals surface area (Å²) in [6.45, 7) is 1.50. The van der Waals surface area contributed by atoms with Crippen molar-refractivity contribution in [3.63, 3.8) is 0 Å². The molecule has 0 atom stereocenters. The maximum absolute atomic E-state index is 12.7. The maximum atomic E-state index is 12.7. The van der Waals surface area contributed by atoms with Gasteiger partial charge in [0.2, 0.25) is 5.62 Å². The van der Waals surface area contributed by atoms with Crippen molar-refractivity contribution in [2.75, 3.05) is 11.9 Å². The van der Waals surface area contributed by atoms with Crippen LogP contribution >= 0.6 is 0 Å². The molecule has 7 nitrogen and oxygen atoms in total. The largest absolute Gasteiger partial charge is 0.369 e. The van der Waals surface area contributed by atoms with Crippen molar-refractivity contribution < 1.29 is 4.79 Å². The number of nitrogens with one attached hydrogen (secondary N) is 1. The van der Waals surface area contributed by atoms with E-state index in [1.165, 1.54) is 0 Å². The summed E-state index contributed by atoms with van der Waals surface area (Å²) in [7, 11) is 0.